The number of aromatic nitrogens is 1. The summed E-state index contributed by atoms with van der Waals surface area (Å²) in [6.45, 7) is 0.769. The second-order valence-corrected chi connectivity index (χ2v) is 5.49. The number of nitrogens with one attached hydrogen (secondary N) is 1. The third-order valence-electron chi connectivity index (χ3n) is 3.43. The van der Waals surface area contributed by atoms with Crippen LogP contribution in [0.25, 0.3) is 0 Å². The molecule has 3 N–H and O–H groups in total. The minimum absolute atomic E-state index is 0.190. The van der Waals surface area contributed by atoms with E-state index >= 15 is 0 Å². The average Bonchev–Trinajstić information content (AvgIpc) is 2.66. The fourth-order valence-corrected chi connectivity index (χ4v) is 2.07. The number of hydrogen-bond acceptors (Lipinski definition) is 5. The van der Waals surface area contributed by atoms with E-state index in [0.29, 0.717) is 18.1 Å². The van der Waals surface area contributed by atoms with Crippen LogP contribution >= 0.6 is 0 Å². The summed E-state index contributed by atoms with van der Waals surface area (Å²) in [6.07, 6.45) is 3.34. The van der Waals surface area contributed by atoms with Crippen molar-refractivity contribution in [2.45, 2.75) is 19.5 Å². The van der Waals surface area contributed by atoms with Gasteiger partial charge in [-0.3, -0.25) is 9.78 Å². The Kier molecular flexibility index (Phi) is 6.85. The second-order valence-electron chi connectivity index (χ2n) is 5.49. The molecule has 6 nitrogen and oxygen atoms in total. The van der Waals surface area contributed by atoms with Crippen LogP contribution in [0.4, 0.5) is 8.78 Å². The summed E-state index contributed by atoms with van der Waals surface area (Å²) < 4.78 is 37.5. The first-order chi connectivity index (χ1) is 12.4. The lowest BCUT2D eigenvalue weighted by Gasteiger charge is -2.16. The van der Waals surface area contributed by atoms with Crippen LogP contribution in [0.15, 0.2) is 42.7 Å². The molecule has 26 heavy (non-hydrogen) atoms. The molecule has 1 aromatic heterocycles. The van der Waals surface area contributed by atoms with Gasteiger partial charge in [-0.05, 0) is 31.2 Å². The summed E-state index contributed by atoms with van der Waals surface area (Å²) in [5.74, 6) is -2.99. The van der Waals surface area contributed by atoms with Gasteiger partial charge in [0, 0.05) is 23.5 Å². The topological polar surface area (TPSA) is 86.5 Å². The zero-order chi connectivity index (χ0) is 19.0. The molecule has 2 aromatic rings. The predicted octanol–water partition coefficient (Wildman–Crippen LogP) is 2.38. The van der Waals surface area contributed by atoms with Crippen molar-refractivity contribution in [1.82, 2.24) is 10.3 Å². The van der Waals surface area contributed by atoms with Crippen LogP contribution < -0.4 is 20.5 Å². The molecule has 0 aliphatic rings. The Morgan fingerprint density at radius 2 is 2.08 bits per heavy atom. The number of alkyl halides is 2. The maximum Gasteiger partial charge on any atom is 0.277 e. The number of carbonyl (C=O) groups is 1. The molecule has 140 valence electrons. The summed E-state index contributed by atoms with van der Waals surface area (Å²) in [5.41, 5.74) is 6.02. The molecule has 1 amide bonds. The number of ether oxygens (including phenoxy) is 2. The molecule has 1 heterocycles. The van der Waals surface area contributed by atoms with Gasteiger partial charge in [-0.25, -0.2) is 8.78 Å². The third-order valence-corrected chi connectivity index (χ3v) is 3.43. The highest BCUT2D eigenvalue weighted by Gasteiger charge is 2.27. The number of amides is 1. The Morgan fingerprint density at radius 1 is 1.27 bits per heavy atom. The predicted molar refractivity (Wildman–Crippen MR) is 92.5 cm³/mol. The van der Waals surface area contributed by atoms with E-state index in [2.05, 4.69) is 10.3 Å². The fraction of sp³-hybridized carbons (Fsp3) is 0.333. The summed E-state index contributed by atoms with van der Waals surface area (Å²) in [5, 5.41) is 2.16. The van der Waals surface area contributed by atoms with Crippen molar-refractivity contribution in [3.05, 3.63) is 53.9 Å². The number of halogens is 2. The fourth-order valence-electron chi connectivity index (χ4n) is 2.07. The molecule has 8 heteroatoms. The molecule has 0 bridgehead atoms. The van der Waals surface area contributed by atoms with Crippen LogP contribution in [0.1, 0.15) is 22.8 Å². The quantitative estimate of drug-likeness (QED) is 0.713. The van der Waals surface area contributed by atoms with Gasteiger partial charge >= 0.3 is 0 Å². The summed E-state index contributed by atoms with van der Waals surface area (Å²) >= 11 is 0. The molecule has 0 spiro atoms. The van der Waals surface area contributed by atoms with Crippen molar-refractivity contribution in [2.24, 2.45) is 5.73 Å². The molecule has 0 atom stereocenters. The molecule has 0 aliphatic carbocycles. The number of nitrogens with two attached hydrogens (primary N) is 1. The highest BCUT2D eigenvalue weighted by Crippen LogP contribution is 2.29. The van der Waals surface area contributed by atoms with E-state index in [9.17, 15) is 13.6 Å². The Hall–Kier alpha value is -2.74. The van der Waals surface area contributed by atoms with E-state index < -0.39 is 24.9 Å². The Morgan fingerprint density at radius 3 is 2.73 bits per heavy atom. The number of carbonyl (C=O) groups excluding carboxylic acids is 1. The number of hydrogen-bond donors (Lipinski definition) is 2. The largest absolute Gasteiger partial charge is 0.490 e. The number of benzene rings is 1. The van der Waals surface area contributed by atoms with Crippen LogP contribution in [0.3, 0.4) is 0 Å². The van der Waals surface area contributed by atoms with Crippen LogP contribution in [0, 0.1) is 0 Å². The van der Waals surface area contributed by atoms with E-state index in [1.54, 1.807) is 31.5 Å². The summed E-state index contributed by atoms with van der Waals surface area (Å²) in [6, 6.07) is 8.17. The van der Waals surface area contributed by atoms with Gasteiger partial charge in [0.1, 0.15) is 6.61 Å². The lowest BCUT2D eigenvalue weighted by molar-refractivity contribution is 0.0118. The highest BCUT2D eigenvalue weighted by molar-refractivity contribution is 5.94. The first-order valence-electron chi connectivity index (χ1n) is 8.10. The molecule has 1 aromatic carbocycles. The Bertz CT molecular complexity index is 727. The highest BCUT2D eigenvalue weighted by atomic mass is 19.3. The van der Waals surface area contributed by atoms with Gasteiger partial charge < -0.3 is 20.5 Å². The normalized spacial score (nSPS) is 11.1. The molecular formula is C18H21F2N3O3. The monoisotopic (exact) mass is 365 g/mol. The molecule has 0 saturated heterocycles. The lowest BCUT2D eigenvalue weighted by Crippen LogP contribution is -2.41. The molecule has 0 unspecified atom stereocenters. The maximum absolute atomic E-state index is 13.2. The van der Waals surface area contributed by atoms with Gasteiger partial charge in [-0.1, -0.05) is 6.07 Å². The van der Waals surface area contributed by atoms with E-state index in [0.717, 1.165) is 5.56 Å². The molecular weight excluding hydrogens is 344 g/mol. The van der Waals surface area contributed by atoms with Gasteiger partial charge in [0.25, 0.3) is 11.8 Å². The van der Waals surface area contributed by atoms with Crippen molar-refractivity contribution in [1.29, 1.82) is 0 Å². The molecule has 2 rings (SSSR count). The Balaban J connectivity index is 2.08. The van der Waals surface area contributed by atoms with Crippen molar-refractivity contribution in [2.75, 3.05) is 19.7 Å². The van der Waals surface area contributed by atoms with Crippen molar-refractivity contribution >= 4 is 5.91 Å². The number of rotatable bonds is 9. The van der Waals surface area contributed by atoms with E-state index in [-0.39, 0.29) is 12.2 Å². The first kappa shape index (κ1) is 19.6. The van der Waals surface area contributed by atoms with Crippen molar-refractivity contribution in [3.63, 3.8) is 0 Å². The van der Waals surface area contributed by atoms with Gasteiger partial charge in [-0.2, -0.15) is 0 Å². The first-order valence-corrected chi connectivity index (χ1v) is 8.10. The molecule has 0 saturated carbocycles. The molecule has 0 radical (unpaired) electrons. The number of pyridine rings is 1. The van der Waals surface area contributed by atoms with Gasteiger partial charge in [0.15, 0.2) is 11.5 Å². The second kappa shape index (κ2) is 9.10. The van der Waals surface area contributed by atoms with Crippen LogP contribution in [-0.2, 0) is 6.61 Å². The Labute approximate surface area is 150 Å². The van der Waals surface area contributed by atoms with Crippen LogP contribution in [0.5, 0.6) is 11.5 Å². The average molecular weight is 365 g/mol. The zero-order valence-corrected chi connectivity index (χ0v) is 14.4. The van der Waals surface area contributed by atoms with Gasteiger partial charge in [-0.15, -0.1) is 0 Å². The van der Waals surface area contributed by atoms with Gasteiger partial charge in [0.2, 0.25) is 0 Å². The van der Waals surface area contributed by atoms with Gasteiger partial charge in [0.05, 0.1) is 19.7 Å². The minimum Gasteiger partial charge on any atom is -0.490 e. The SMILES string of the molecule is CCOc1cc(C(=O)NCC(F)(F)CN)ccc1OCc1cccnc1. The minimum atomic E-state index is -3.15. The van der Waals surface area contributed by atoms with Crippen molar-refractivity contribution < 1.29 is 23.0 Å². The number of nitrogens with zero attached hydrogens (tertiary/aromatic N) is 1. The van der Waals surface area contributed by atoms with E-state index in [1.165, 1.54) is 12.1 Å². The summed E-state index contributed by atoms with van der Waals surface area (Å²) in [4.78, 5) is 16.1. The molecule has 0 fully saturated rings. The van der Waals surface area contributed by atoms with E-state index in [1.807, 2.05) is 6.07 Å². The smallest absolute Gasteiger partial charge is 0.277 e. The molecule has 0 aliphatic heterocycles. The zero-order valence-electron chi connectivity index (χ0n) is 14.4. The lowest BCUT2D eigenvalue weighted by atomic mass is 10.2. The maximum atomic E-state index is 13.2. The third kappa shape index (κ3) is 5.66. The van der Waals surface area contributed by atoms with Crippen LogP contribution in [-0.4, -0.2) is 36.5 Å². The summed E-state index contributed by atoms with van der Waals surface area (Å²) in [7, 11) is 0. The van der Waals surface area contributed by atoms with Crippen LogP contribution in [0.2, 0.25) is 0 Å². The van der Waals surface area contributed by atoms with Crippen molar-refractivity contribution in [3.8, 4) is 11.5 Å². The van der Waals surface area contributed by atoms with E-state index in [4.69, 9.17) is 15.2 Å². The standard InChI is InChI=1S/C18H21F2N3O3/c1-2-25-16-8-14(17(24)23-12-18(19,20)11-21)5-6-15(16)26-10-13-4-3-7-22-9-13/h3-9H,2,10-12,21H2,1H3,(H,23,24).